The number of fused-ring (bicyclic) bond motifs is 1. The molecule has 1 amide bonds. The maximum absolute atomic E-state index is 12.4. The summed E-state index contributed by atoms with van der Waals surface area (Å²) in [6.45, 7) is 6.63. The second-order valence-electron chi connectivity index (χ2n) is 7.06. The first-order chi connectivity index (χ1) is 12.8. The van der Waals surface area contributed by atoms with E-state index in [9.17, 15) is 4.79 Å². The molecule has 0 bridgehead atoms. The summed E-state index contributed by atoms with van der Waals surface area (Å²) in [7, 11) is 0. The van der Waals surface area contributed by atoms with Crippen molar-refractivity contribution < 1.29 is 9.53 Å². The Morgan fingerprint density at radius 3 is 2.67 bits per heavy atom. The fourth-order valence-corrected chi connectivity index (χ4v) is 3.62. The van der Waals surface area contributed by atoms with Gasteiger partial charge in [0.1, 0.15) is 5.75 Å². The number of carbonyl (C=O) groups is 1. The molecule has 4 nitrogen and oxygen atoms in total. The zero-order chi connectivity index (χ0) is 18.2. The lowest BCUT2D eigenvalue weighted by atomic mass is 9.96. The lowest BCUT2D eigenvalue weighted by Gasteiger charge is -2.32. The summed E-state index contributed by atoms with van der Waals surface area (Å²) in [6, 6.07) is 14.3. The summed E-state index contributed by atoms with van der Waals surface area (Å²) in [5.41, 5.74) is 0. The largest absolute Gasteiger partial charge is 0.493 e. The van der Waals surface area contributed by atoms with Gasteiger partial charge in [-0.05, 0) is 49.7 Å². The van der Waals surface area contributed by atoms with Gasteiger partial charge >= 0.3 is 0 Å². The quantitative estimate of drug-likeness (QED) is 0.684. The zero-order valence-electron chi connectivity index (χ0n) is 16.2. The van der Waals surface area contributed by atoms with Crippen molar-refractivity contribution in [2.45, 2.75) is 32.6 Å². The molecule has 1 heterocycles. The fraction of sp³-hybridized carbons (Fsp3) is 0.500. The third-order valence-corrected chi connectivity index (χ3v) is 5.19. The van der Waals surface area contributed by atoms with Crippen molar-refractivity contribution in [1.82, 2.24) is 10.2 Å². The Labute approximate surface area is 168 Å². The first kappa shape index (κ1) is 21.5. The summed E-state index contributed by atoms with van der Waals surface area (Å²) in [4.78, 5) is 14.4. The zero-order valence-corrected chi connectivity index (χ0v) is 17.0. The minimum atomic E-state index is 0. The van der Waals surface area contributed by atoms with Crippen LogP contribution in [0, 0.1) is 5.92 Å². The molecule has 1 aliphatic heterocycles. The minimum Gasteiger partial charge on any atom is -0.493 e. The van der Waals surface area contributed by atoms with Gasteiger partial charge in [0.25, 0.3) is 0 Å². The van der Waals surface area contributed by atoms with Gasteiger partial charge in [-0.1, -0.05) is 43.3 Å². The number of benzene rings is 2. The molecular formula is C22H31ClN2O2. The molecule has 0 saturated carbocycles. The molecule has 0 atom stereocenters. The van der Waals surface area contributed by atoms with Gasteiger partial charge in [0.15, 0.2) is 0 Å². The van der Waals surface area contributed by atoms with Crippen LogP contribution < -0.4 is 10.1 Å². The number of hydrogen-bond acceptors (Lipinski definition) is 3. The van der Waals surface area contributed by atoms with Crippen LogP contribution in [0.1, 0.15) is 32.6 Å². The monoisotopic (exact) mass is 390 g/mol. The van der Waals surface area contributed by atoms with Gasteiger partial charge in [-0.2, -0.15) is 0 Å². The van der Waals surface area contributed by atoms with Gasteiger partial charge in [-0.25, -0.2) is 0 Å². The molecule has 0 aromatic heterocycles. The number of ether oxygens (including phenoxy) is 1. The Hall–Kier alpha value is -1.78. The number of nitrogens with one attached hydrogen (secondary N) is 1. The van der Waals surface area contributed by atoms with Crippen molar-refractivity contribution in [2.24, 2.45) is 5.92 Å². The Morgan fingerprint density at radius 2 is 1.89 bits per heavy atom. The summed E-state index contributed by atoms with van der Waals surface area (Å²) in [6.07, 6.45) is 3.57. The SMILES string of the molecule is CCNCC1CCN(C(=O)CCCOc2cccc3ccccc23)CC1.Cl. The van der Waals surface area contributed by atoms with Crippen LogP contribution in [-0.2, 0) is 4.79 Å². The van der Waals surface area contributed by atoms with E-state index >= 15 is 0 Å². The standard InChI is InChI=1S/C22H30N2O2.ClH/c1-2-23-17-18-12-14-24(15-13-18)22(25)11-6-16-26-21-10-5-8-19-7-3-4-9-20(19)21;/h3-5,7-10,18,23H,2,6,11-17H2,1H3;1H. The number of carbonyl (C=O) groups excluding carboxylic acids is 1. The van der Waals surface area contributed by atoms with E-state index in [-0.39, 0.29) is 18.3 Å². The van der Waals surface area contributed by atoms with Crippen LogP contribution >= 0.6 is 12.4 Å². The Bertz CT molecular complexity index is 709. The third-order valence-electron chi connectivity index (χ3n) is 5.19. The van der Waals surface area contributed by atoms with Crippen molar-refractivity contribution in [3.8, 4) is 5.75 Å². The van der Waals surface area contributed by atoms with Crippen LogP contribution in [0.3, 0.4) is 0 Å². The van der Waals surface area contributed by atoms with E-state index in [1.807, 2.05) is 29.2 Å². The second kappa shape index (κ2) is 11.2. The van der Waals surface area contributed by atoms with Gasteiger partial charge in [-0.3, -0.25) is 4.79 Å². The van der Waals surface area contributed by atoms with E-state index in [1.165, 1.54) is 5.39 Å². The molecule has 0 radical (unpaired) electrons. The number of hydrogen-bond donors (Lipinski definition) is 1. The minimum absolute atomic E-state index is 0. The van der Waals surface area contributed by atoms with Crippen molar-refractivity contribution in [2.75, 3.05) is 32.8 Å². The molecule has 3 rings (SSSR count). The predicted molar refractivity (Wildman–Crippen MR) is 114 cm³/mol. The van der Waals surface area contributed by atoms with Crippen molar-refractivity contribution in [3.05, 3.63) is 42.5 Å². The highest BCUT2D eigenvalue weighted by Gasteiger charge is 2.22. The van der Waals surface area contributed by atoms with Crippen LogP contribution in [-0.4, -0.2) is 43.6 Å². The maximum Gasteiger partial charge on any atom is 0.222 e. The number of rotatable bonds is 8. The molecule has 2 aromatic rings. The molecule has 0 unspecified atom stereocenters. The molecule has 1 saturated heterocycles. The summed E-state index contributed by atoms with van der Waals surface area (Å²) < 4.78 is 5.94. The predicted octanol–water partition coefficient (Wildman–Crippen LogP) is 4.27. The van der Waals surface area contributed by atoms with Gasteiger partial charge in [0.2, 0.25) is 5.91 Å². The highest BCUT2D eigenvalue weighted by Crippen LogP contribution is 2.25. The molecule has 1 N–H and O–H groups in total. The van der Waals surface area contributed by atoms with Crippen molar-refractivity contribution in [3.63, 3.8) is 0 Å². The molecule has 1 aliphatic rings. The molecule has 2 aromatic carbocycles. The molecule has 1 fully saturated rings. The summed E-state index contributed by atoms with van der Waals surface area (Å²) in [5, 5.41) is 5.72. The second-order valence-corrected chi connectivity index (χ2v) is 7.06. The van der Waals surface area contributed by atoms with E-state index in [1.54, 1.807) is 0 Å². The van der Waals surface area contributed by atoms with Crippen molar-refractivity contribution in [1.29, 1.82) is 0 Å². The molecule has 148 valence electrons. The lowest BCUT2D eigenvalue weighted by molar-refractivity contribution is -0.132. The van der Waals surface area contributed by atoms with E-state index < -0.39 is 0 Å². The fourth-order valence-electron chi connectivity index (χ4n) is 3.62. The van der Waals surface area contributed by atoms with E-state index in [0.717, 1.165) is 56.6 Å². The first-order valence-corrected chi connectivity index (χ1v) is 9.87. The average Bonchev–Trinajstić information content (AvgIpc) is 2.70. The topological polar surface area (TPSA) is 41.6 Å². The number of halogens is 1. The highest BCUT2D eigenvalue weighted by molar-refractivity contribution is 5.88. The van der Waals surface area contributed by atoms with E-state index in [0.29, 0.717) is 18.9 Å². The summed E-state index contributed by atoms with van der Waals surface area (Å²) >= 11 is 0. The Kier molecular flexibility index (Phi) is 8.89. The van der Waals surface area contributed by atoms with Crippen LogP contribution in [0.15, 0.2) is 42.5 Å². The van der Waals surface area contributed by atoms with Gasteiger partial charge in [0.05, 0.1) is 6.61 Å². The number of likely N-dealkylation sites (tertiary alicyclic amines) is 1. The van der Waals surface area contributed by atoms with Gasteiger partial charge in [-0.15, -0.1) is 12.4 Å². The van der Waals surface area contributed by atoms with Crippen LogP contribution in [0.25, 0.3) is 10.8 Å². The molecule has 0 aliphatic carbocycles. The normalized spacial score (nSPS) is 14.8. The number of piperidine rings is 1. The average molecular weight is 391 g/mol. The molecule has 5 heteroatoms. The smallest absolute Gasteiger partial charge is 0.222 e. The van der Waals surface area contributed by atoms with Crippen LogP contribution in [0.2, 0.25) is 0 Å². The summed E-state index contributed by atoms with van der Waals surface area (Å²) in [5.74, 6) is 1.89. The maximum atomic E-state index is 12.4. The number of amides is 1. The van der Waals surface area contributed by atoms with E-state index in [4.69, 9.17) is 4.74 Å². The van der Waals surface area contributed by atoms with Gasteiger partial charge in [0, 0.05) is 24.9 Å². The Balaban J connectivity index is 0.00000261. The molecular weight excluding hydrogens is 360 g/mol. The van der Waals surface area contributed by atoms with Gasteiger partial charge < -0.3 is 15.0 Å². The van der Waals surface area contributed by atoms with Crippen molar-refractivity contribution >= 4 is 29.1 Å². The first-order valence-electron chi connectivity index (χ1n) is 9.87. The van der Waals surface area contributed by atoms with Crippen LogP contribution in [0.4, 0.5) is 0 Å². The van der Waals surface area contributed by atoms with E-state index in [2.05, 4.69) is 30.4 Å². The molecule has 0 spiro atoms. The Morgan fingerprint density at radius 1 is 1.15 bits per heavy atom. The lowest BCUT2D eigenvalue weighted by Crippen LogP contribution is -2.40. The highest BCUT2D eigenvalue weighted by atomic mass is 35.5. The van der Waals surface area contributed by atoms with Crippen LogP contribution in [0.5, 0.6) is 5.75 Å². The third kappa shape index (κ3) is 6.12. The number of nitrogens with zero attached hydrogens (tertiary/aromatic N) is 1. The molecule has 27 heavy (non-hydrogen) atoms.